The molecule has 1 aliphatic rings. The number of H-pyrrole nitrogens is 1. The average molecular weight is 390 g/mol. The Hall–Kier alpha value is -2.43. The van der Waals surface area contributed by atoms with E-state index in [1.807, 2.05) is 24.4 Å². The van der Waals surface area contributed by atoms with Gasteiger partial charge < -0.3 is 5.11 Å². The number of aromatic amines is 1. The first kappa shape index (κ1) is 19.9. The molecule has 29 heavy (non-hydrogen) atoms. The van der Waals surface area contributed by atoms with E-state index in [9.17, 15) is 5.11 Å². The second-order valence-electron chi connectivity index (χ2n) is 8.44. The molecule has 1 aliphatic heterocycles. The van der Waals surface area contributed by atoms with Crippen LogP contribution in [0.25, 0.3) is 11.3 Å². The average Bonchev–Trinajstić information content (AvgIpc) is 3.19. The molecule has 4 nitrogen and oxygen atoms in total. The van der Waals surface area contributed by atoms with Crippen molar-refractivity contribution in [3.05, 3.63) is 77.0 Å². The van der Waals surface area contributed by atoms with E-state index in [2.05, 4.69) is 59.3 Å². The molecule has 0 saturated carbocycles. The van der Waals surface area contributed by atoms with Gasteiger partial charge in [-0.2, -0.15) is 5.10 Å². The molecule has 3 aromatic rings. The third-order valence-corrected chi connectivity index (χ3v) is 6.37. The van der Waals surface area contributed by atoms with Crippen LogP contribution in [0.2, 0.25) is 0 Å². The first-order valence-corrected chi connectivity index (χ1v) is 10.6. The summed E-state index contributed by atoms with van der Waals surface area (Å²) in [7, 11) is 0. The third kappa shape index (κ3) is 4.77. The normalized spacial score (nSPS) is 16.8. The van der Waals surface area contributed by atoms with E-state index in [4.69, 9.17) is 0 Å². The van der Waals surface area contributed by atoms with Crippen LogP contribution in [0.5, 0.6) is 0 Å². The van der Waals surface area contributed by atoms with Gasteiger partial charge in [0, 0.05) is 17.7 Å². The Kier molecular flexibility index (Phi) is 6.12. The van der Waals surface area contributed by atoms with E-state index in [1.165, 1.54) is 27.8 Å². The fourth-order valence-corrected chi connectivity index (χ4v) is 4.34. The van der Waals surface area contributed by atoms with Gasteiger partial charge in [0.2, 0.25) is 0 Å². The summed E-state index contributed by atoms with van der Waals surface area (Å²) in [5, 5.41) is 18.2. The molecule has 0 unspecified atom stereocenters. The molecule has 2 aromatic carbocycles. The highest BCUT2D eigenvalue weighted by molar-refractivity contribution is 5.64. The van der Waals surface area contributed by atoms with Crippen molar-refractivity contribution in [1.29, 1.82) is 0 Å². The summed E-state index contributed by atoms with van der Waals surface area (Å²) in [6, 6.07) is 16.9. The van der Waals surface area contributed by atoms with E-state index in [0.717, 1.165) is 44.6 Å². The van der Waals surface area contributed by atoms with Crippen LogP contribution in [0.4, 0.5) is 0 Å². The zero-order chi connectivity index (χ0) is 20.2. The largest absolute Gasteiger partial charge is 0.392 e. The minimum atomic E-state index is -0.250. The lowest BCUT2D eigenvalue weighted by atomic mass is 9.88. The lowest BCUT2D eigenvalue weighted by Gasteiger charge is -2.34. The number of benzene rings is 2. The van der Waals surface area contributed by atoms with E-state index in [-0.39, 0.29) is 6.10 Å². The van der Waals surface area contributed by atoms with Crippen LogP contribution in [-0.2, 0) is 13.0 Å². The van der Waals surface area contributed by atoms with Crippen molar-refractivity contribution in [3.8, 4) is 11.3 Å². The molecule has 1 aromatic heterocycles. The van der Waals surface area contributed by atoms with Crippen LogP contribution in [0, 0.1) is 19.8 Å². The topological polar surface area (TPSA) is 52.2 Å². The number of nitrogens with one attached hydrogen (secondary N) is 1. The molecule has 1 fully saturated rings. The number of aromatic nitrogens is 2. The number of piperidine rings is 1. The molecule has 4 heteroatoms. The second kappa shape index (κ2) is 8.93. The van der Waals surface area contributed by atoms with Gasteiger partial charge in [-0.15, -0.1) is 0 Å². The van der Waals surface area contributed by atoms with Crippen LogP contribution >= 0.6 is 0 Å². The van der Waals surface area contributed by atoms with Crippen molar-refractivity contribution < 1.29 is 5.11 Å². The maximum Gasteiger partial charge on any atom is 0.0695 e. The number of aryl methyl sites for hydroxylation is 2. The summed E-state index contributed by atoms with van der Waals surface area (Å²) in [5.41, 5.74) is 7.41. The van der Waals surface area contributed by atoms with E-state index < -0.39 is 0 Å². The van der Waals surface area contributed by atoms with E-state index in [0.29, 0.717) is 5.92 Å². The van der Waals surface area contributed by atoms with Gasteiger partial charge in [0.25, 0.3) is 0 Å². The molecule has 2 N–H and O–H groups in total. The van der Waals surface area contributed by atoms with Crippen molar-refractivity contribution in [3.63, 3.8) is 0 Å². The van der Waals surface area contributed by atoms with Crippen molar-refractivity contribution in [1.82, 2.24) is 15.1 Å². The smallest absolute Gasteiger partial charge is 0.0695 e. The van der Waals surface area contributed by atoms with Crippen molar-refractivity contribution >= 4 is 0 Å². The van der Waals surface area contributed by atoms with Crippen LogP contribution in [0.1, 0.15) is 35.1 Å². The summed E-state index contributed by atoms with van der Waals surface area (Å²) in [4.78, 5) is 2.49. The minimum absolute atomic E-state index is 0.250. The van der Waals surface area contributed by atoms with Crippen LogP contribution < -0.4 is 0 Å². The number of hydrogen-bond acceptors (Lipinski definition) is 3. The zero-order valence-corrected chi connectivity index (χ0v) is 17.4. The molecule has 4 rings (SSSR count). The van der Waals surface area contributed by atoms with Gasteiger partial charge in [-0.3, -0.25) is 10.00 Å². The lowest BCUT2D eigenvalue weighted by Crippen LogP contribution is -2.38. The van der Waals surface area contributed by atoms with Gasteiger partial charge in [-0.25, -0.2) is 0 Å². The number of nitrogens with zero attached hydrogens (tertiary/aromatic N) is 2. The molecule has 0 spiro atoms. The molecule has 1 saturated heterocycles. The third-order valence-electron chi connectivity index (χ3n) is 6.37. The molecule has 0 bridgehead atoms. The lowest BCUT2D eigenvalue weighted by molar-refractivity contribution is 0.0577. The van der Waals surface area contributed by atoms with Gasteiger partial charge in [-0.1, -0.05) is 42.5 Å². The number of likely N-dealkylation sites (tertiary alicyclic amines) is 1. The molecule has 0 aliphatic carbocycles. The first-order valence-electron chi connectivity index (χ1n) is 10.6. The highest BCUT2D eigenvalue weighted by atomic mass is 16.3. The standard InChI is InChI=1S/C25H31N3O/c1-18-8-9-22(14-19(18)2)25-23(16-26-27-25)17-28-12-10-21(11-13-28)24(29)15-20-6-4-3-5-7-20/h3-9,14,16,21,24,29H,10-13,15,17H2,1-2H3,(H,26,27)/t24-/m0/s1. The summed E-state index contributed by atoms with van der Waals surface area (Å²) in [6.45, 7) is 7.24. The van der Waals surface area contributed by atoms with Gasteiger partial charge in [0.05, 0.1) is 18.0 Å². The Morgan fingerprint density at radius 1 is 1.07 bits per heavy atom. The van der Waals surface area contributed by atoms with E-state index >= 15 is 0 Å². The Labute approximate surface area is 173 Å². The Morgan fingerprint density at radius 2 is 1.83 bits per heavy atom. The van der Waals surface area contributed by atoms with Crippen molar-refractivity contribution in [2.45, 2.75) is 45.8 Å². The first-order chi connectivity index (χ1) is 14.1. The Bertz CT molecular complexity index is 926. The monoisotopic (exact) mass is 389 g/mol. The predicted molar refractivity (Wildman–Crippen MR) is 118 cm³/mol. The molecular weight excluding hydrogens is 358 g/mol. The van der Waals surface area contributed by atoms with Crippen molar-refractivity contribution in [2.24, 2.45) is 5.92 Å². The van der Waals surface area contributed by atoms with Crippen LogP contribution in [0.15, 0.2) is 54.7 Å². The zero-order valence-electron chi connectivity index (χ0n) is 17.4. The maximum atomic E-state index is 10.7. The van der Waals surface area contributed by atoms with Gasteiger partial charge in [-0.05, 0) is 74.9 Å². The fraction of sp³-hybridized carbons (Fsp3) is 0.400. The number of rotatable bonds is 6. The van der Waals surface area contributed by atoms with E-state index in [1.54, 1.807) is 0 Å². The Balaban J connectivity index is 1.34. The highest BCUT2D eigenvalue weighted by Crippen LogP contribution is 2.27. The minimum Gasteiger partial charge on any atom is -0.392 e. The summed E-state index contributed by atoms with van der Waals surface area (Å²) in [6.07, 6.45) is 4.56. The molecule has 0 amide bonds. The SMILES string of the molecule is Cc1ccc(-c2[nH]ncc2CN2CCC([C@@H](O)Cc3ccccc3)CC2)cc1C. The molecule has 0 radical (unpaired) electrons. The van der Waals surface area contributed by atoms with Crippen molar-refractivity contribution in [2.75, 3.05) is 13.1 Å². The number of aliphatic hydroxyl groups excluding tert-OH is 1. The fourth-order valence-electron chi connectivity index (χ4n) is 4.34. The Morgan fingerprint density at radius 3 is 2.55 bits per heavy atom. The summed E-state index contributed by atoms with van der Waals surface area (Å²) in [5.74, 6) is 0.384. The quantitative estimate of drug-likeness (QED) is 0.652. The maximum absolute atomic E-state index is 10.7. The summed E-state index contributed by atoms with van der Waals surface area (Å²) >= 11 is 0. The number of aliphatic hydroxyl groups is 1. The molecular formula is C25H31N3O. The molecule has 2 heterocycles. The molecule has 1 atom stereocenters. The molecule has 152 valence electrons. The van der Waals surface area contributed by atoms with Crippen LogP contribution in [-0.4, -0.2) is 39.4 Å². The van der Waals surface area contributed by atoms with Gasteiger partial charge >= 0.3 is 0 Å². The second-order valence-corrected chi connectivity index (χ2v) is 8.44. The summed E-state index contributed by atoms with van der Waals surface area (Å²) < 4.78 is 0. The predicted octanol–water partition coefficient (Wildman–Crippen LogP) is 4.51. The highest BCUT2D eigenvalue weighted by Gasteiger charge is 2.26. The van der Waals surface area contributed by atoms with Gasteiger partial charge in [0.1, 0.15) is 0 Å². The van der Waals surface area contributed by atoms with Gasteiger partial charge in [0.15, 0.2) is 0 Å². The van der Waals surface area contributed by atoms with Crippen LogP contribution in [0.3, 0.4) is 0 Å². The number of hydrogen-bond donors (Lipinski definition) is 2.